The molecular formula is C13H13NO. The molecule has 1 aromatic heterocycles. The van der Waals surface area contributed by atoms with E-state index in [-0.39, 0.29) is 0 Å². The molecule has 2 nitrogen and oxygen atoms in total. The Bertz CT molecular complexity index is 536. The summed E-state index contributed by atoms with van der Waals surface area (Å²) in [6, 6.07) is 8.46. The molecule has 0 atom stereocenters. The molecule has 0 radical (unpaired) electrons. The summed E-state index contributed by atoms with van der Waals surface area (Å²) in [6.45, 7) is 0. The Hall–Kier alpha value is -1.70. The predicted molar refractivity (Wildman–Crippen MR) is 60.8 cm³/mol. The highest BCUT2D eigenvalue weighted by Crippen LogP contribution is 2.28. The van der Waals surface area contributed by atoms with Gasteiger partial charge in [0, 0.05) is 23.0 Å². The lowest BCUT2D eigenvalue weighted by Gasteiger charge is -2.12. The lowest BCUT2D eigenvalue weighted by molar-refractivity contribution is 0.279. The maximum Gasteiger partial charge on any atom is 0.0977 e. The molecule has 2 aromatic rings. The number of nitrogens with one attached hydrogen (secondary N) is 1. The van der Waals surface area contributed by atoms with E-state index in [0.29, 0.717) is 0 Å². The minimum Gasteiger partial charge on any atom is -0.501 e. The fourth-order valence-corrected chi connectivity index (χ4v) is 2.26. The molecule has 1 heterocycles. The van der Waals surface area contributed by atoms with E-state index < -0.39 is 0 Å². The number of H-pyrrole nitrogens is 1. The van der Waals surface area contributed by atoms with Gasteiger partial charge >= 0.3 is 0 Å². The van der Waals surface area contributed by atoms with Crippen molar-refractivity contribution >= 4 is 10.9 Å². The molecule has 0 unspecified atom stereocenters. The number of aromatic nitrogens is 1. The van der Waals surface area contributed by atoms with Crippen molar-refractivity contribution in [1.82, 2.24) is 4.98 Å². The van der Waals surface area contributed by atoms with Gasteiger partial charge in [-0.05, 0) is 24.1 Å². The van der Waals surface area contributed by atoms with E-state index in [0.717, 1.165) is 18.6 Å². The zero-order chi connectivity index (χ0) is 10.3. The van der Waals surface area contributed by atoms with Gasteiger partial charge in [-0.1, -0.05) is 18.2 Å². The van der Waals surface area contributed by atoms with Gasteiger partial charge in [0.1, 0.15) is 0 Å². The van der Waals surface area contributed by atoms with Crippen molar-refractivity contribution in [2.45, 2.75) is 12.8 Å². The molecule has 1 aromatic carbocycles. The molecule has 3 rings (SSSR count). The highest BCUT2D eigenvalue weighted by Gasteiger charge is 2.15. The molecule has 0 bridgehead atoms. The van der Waals surface area contributed by atoms with Gasteiger partial charge in [0.05, 0.1) is 12.9 Å². The van der Waals surface area contributed by atoms with E-state index in [4.69, 9.17) is 4.74 Å². The highest BCUT2D eigenvalue weighted by molar-refractivity contribution is 5.85. The molecule has 2 heteroatoms. The number of benzene rings is 1. The number of ether oxygens (including phenoxy) is 1. The summed E-state index contributed by atoms with van der Waals surface area (Å²) in [4.78, 5) is 3.46. The Balaban J connectivity index is 2.16. The number of rotatable bonds is 1. The molecule has 1 N–H and O–H groups in total. The van der Waals surface area contributed by atoms with Gasteiger partial charge in [0.2, 0.25) is 0 Å². The normalized spacial score (nSPS) is 14.9. The second-order valence-electron chi connectivity index (χ2n) is 3.88. The summed E-state index contributed by atoms with van der Waals surface area (Å²) in [7, 11) is 1.74. The first-order valence-electron chi connectivity index (χ1n) is 5.20. The van der Waals surface area contributed by atoms with Gasteiger partial charge in [-0.2, -0.15) is 0 Å². The van der Waals surface area contributed by atoms with Gasteiger partial charge in [-0.25, -0.2) is 0 Å². The Morgan fingerprint density at radius 3 is 3.00 bits per heavy atom. The summed E-state index contributed by atoms with van der Waals surface area (Å²) in [5.74, 6) is 1.06. The average Bonchev–Trinajstić information content (AvgIpc) is 2.66. The van der Waals surface area contributed by atoms with Crippen LogP contribution in [0.1, 0.15) is 11.3 Å². The number of aromatic amines is 1. The standard InChI is InChI=1S/C13H13NO/c1-15-9-6-7-11-10-4-2-3-5-12(10)14-13(11)8-9/h2-6,14H,7-8H2,1H3. The lowest BCUT2D eigenvalue weighted by atomic mass is 10.00. The third-order valence-corrected chi connectivity index (χ3v) is 3.05. The Morgan fingerprint density at radius 1 is 1.27 bits per heavy atom. The van der Waals surface area contributed by atoms with Crippen LogP contribution in [-0.2, 0) is 17.6 Å². The molecule has 76 valence electrons. The van der Waals surface area contributed by atoms with Gasteiger partial charge in [-0.15, -0.1) is 0 Å². The van der Waals surface area contributed by atoms with Crippen molar-refractivity contribution in [3.05, 3.63) is 47.4 Å². The Kier molecular flexibility index (Phi) is 1.81. The number of methoxy groups -OCH3 is 1. The number of hydrogen-bond acceptors (Lipinski definition) is 1. The van der Waals surface area contributed by atoms with Crippen LogP contribution in [0.15, 0.2) is 36.1 Å². The Labute approximate surface area is 88.6 Å². The van der Waals surface area contributed by atoms with Crippen molar-refractivity contribution in [2.24, 2.45) is 0 Å². The molecule has 0 fully saturated rings. The van der Waals surface area contributed by atoms with E-state index >= 15 is 0 Å². The van der Waals surface area contributed by atoms with Crippen LogP contribution in [0.2, 0.25) is 0 Å². The van der Waals surface area contributed by atoms with Crippen LogP contribution < -0.4 is 0 Å². The van der Waals surface area contributed by atoms with E-state index in [1.165, 1.54) is 22.2 Å². The molecule has 0 spiro atoms. The minimum atomic E-state index is 0.889. The molecule has 1 aliphatic carbocycles. The largest absolute Gasteiger partial charge is 0.501 e. The zero-order valence-corrected chi connectivity index (χ0v) is 8.71. The first-order valence-corrected chi connectivity index (χ1v) is 5.20. The van der Waals surface area contributed by atoms with Crippen molar-refractivity contribution in [3.8, 4) is 0 Å². The molecule has 0 saturated heterocycles. The van der Waals surface area contributed by atoms with Gasteiger partial charge in [0.15, 0.2) is 0 Å². The van der Waals surface area contributed by atoms with E-state index in [1.54, 1.807) is 7.11 Å². The van der Waals surface area contributed by atoms with Crippen LogP contribution in [0.25, 0.3) is 10.9 Å². The second-order valence-corrected chi connectivity index (χ2v) is 3.88. The minimum absolute atomic E-state index is 0.889. The monoisotopic (exact) mass is 199 g/mol. The van der Waals surface area contributed by atoms with E-state index in [2.05, 4.69) is 35.3 Å². The van der Waals surface area contributed by atoms with Gasteiger partial charge < -0.3 is 9.72 Å². The topological polar surface area (TPSA) is 25.0 Å². The molecule has 0 amide bonds. The average molecular weight is 199 g/mol. The van der Waals surface area contributed by atoms with Crippen molar-refractivity contribution in [3.63, 3.8) is 0 Å². The third-order valence-electron chi connectivity index (χ3n) is 3.05. The summed E-state index contributed by atoms with van der Waals surface area (Å²) >= 11 is 0. The molecule has 1 aliphatic rings. The highest BCUT2D eigenvalue weighted by atomic mass is 16.5. The summed E-state index contributed by atoms with van der Waals surface area (Å²) < 4.78 is 5.29. The van der Waals surface area contributed by atoms with Crippen molar-refractivity contribution < 1.29 is 4.74 Å². The molecular weight excluding hydrogens is 186 g/mol. The second kappa shape index (κ2) is 3.16. The number of fused-ring (bicyclic) bond motifs is 3. The smallest absolute Gasteiger partial charge is 0.0977 e. The van der Waals surface area contributed by atoms with Gasteiger partial charge in [0.25, 0.3) is 0 Å². The lowest BCUT2D eigenvalue weighted by Crippen LogP contribution is -2.03. The summed E-state index contributed by atoms with van der Waals surface area (Å²) in [5.41, 5.74) is 3.95. The van der Waals surface area contributed by atoms with Crippen LogP contribution in [0, 0.1) is 0 Å². The van der Waals surface area contributed by atoms with Crippen molar-refractivity contribution in [2.75, 3.05) is 7.11 Å². The molecule has 0 aliphatic heterocycles. The molecule has 15 heavy (non-hydrogen) atoms. The summed E-state index contributed by atoms with van der Waals surface area (Å²) in [5, 5.41) is 1.35. The maximum absolute atomic E-state index is 5.29. The van der Waals surface area contributed by atoms with E-state index in [9.17, 15) is 0 Å². The van der Waals surface area contributed by atoms with Crippen LogP contribution in [0.5, 0.6) is 0 Å². The first-order chi connectivity index (χ1) is 7.38. The fourth-order valence-electron chi connectivity index (χ4n) is 2.26. The number of para-hydroxylation sites is 1. The fraction of sp³-hybridized carbons (Fsp3) is 0.231. The Morgan fingerprint density at radius 2 is 2.13 bits per heavy atom. The van der Waals surface area contributed by atoms with Crippen LogP contribution in [-0.4, -0.2) is 12.1 Å². The first kappa shape index (κ1) is 8.60. The maximum atomic E-state index is 5.29. The third kappa shape index (κ3) is 1.25. The van der Waals surface area contributed by atoms with E-state index in [1.807, 2.05) is 0 Å². The summed E-state index contributed by atoms with van der Waals surface area (Å²) in [6.07, 6.45) is 4.03. The number of allylic oxidation sites excluding steroid dienone is 2. The van der Waals surface area contributed by atoms with Gasteiger partial charge in [-0.3, -0.25) is 0 Å². The van der Waals surface area contributed by atoms with Crippen molar-refractivity contribution in [1.29, 1.82) is 0 Å². The quantitative estimate of drug-likeness (QED) is 0.750. The van der Waals surface area contributed by atoms with Crippen LogP contribution in [0.3, 0.4) is 0 Å². The molecule has 0 saturated carbocycles. The van der Waals surface area contributed by atoms with Crippen LogP contribution >= 0.6 is 0 Å². The predicted octanol–water partition coefficient (Wildman–Crippen LogP) is 2.80. The zero-order valence-electron chi connectivity index (χ0n) is 8.71. The SMILES string of the molecule is COC1=CCc2c([nH]c3ccccc23)C1. The van der Waals surface area contributed by atoms with Crippen LogP contribution in [0.4, 0.5) is 0 Å². The number of hydrogen-bond donors (Lipinski definition) is 1.